The molecule has 0 radical (unpaired) electrons. The molecule has 0 saturated carbocycles. The second kappa shape index (κ2) is 7.12. The molecule has 0 bridgehead atoms. The molecule has 0 saturated heterocycles. The molecule has 2 aromatic carbocycles. The Hall–Kier alpha value is -0.290. The van der Waals surface area contributed by atoms with Crippen molar-refractivity contribution in [2.45, 2.75) is 12.5 Å². The van der Waals surface area contributed by atoms with Gasteiger partial charge in [0.05, 0.1) is 21.1 Å². The van der Waals surface area contributed by atoms with Crippen molar-refractivity contribution in [1.82, 2.24) is 5.43 Å². The summed E-state index contributed by atoms with van der Waals surface area (Å²) in [7, 11) is 0. The van der Waals surface area contributed by atoms with E-state index in [1.54, 1.807) is 6.07 Å². The van der Waals surface area contributed by atoms with Crippen LogP contribution < -0.4 is 11.3 Å². The highest BCUT2D eigenvalue weighted by Crippen LogP contribution is 2.32. The van der Waals surface area contributed by atoms with Crippen molar-refractivity contribution in [3.05, 3.63) is 67.1 Å². The van der Waals surface area contributed by atoms with Crippen molar-refractivity contribution in [1.29, 1.82) is 0 Å². The molecule has 2 rings (SSSR count). The van der Waals surface area contributed by atoms with Crippen LogP contribution in [0.15, 0.2) is 40.9 Å². The van der Waals surface area contributed by atoms with E-state index in [0.717, 1.165) is 15.6 Å². The first-order valence-corrected chi connectivity index (χ1v) is 7.79. The predicted octanol–water partition coefficient (Wildman–Crippen LogP) is 5.16. The Morgan fingerprint density at radius 2 is 1.85 bits per heavy atom. The minimum atomic E-state index is -0.114. The largest absolute Gasteiger partial charge is 0.271 e. The van der Waals surface area contributed by atoms with Gasteiger partial charge in [0.1, 0.15) is 0 Å². The molecule has 1 atom stereocenters. The van der Waals surface area contributed by atoms with Crippen LogP contribution in [0.3, 0.4) is 0 Å². The van der Waals surface area contributed by atoms with Gasteiger partial charge in [0, 0.05) is 4.47 Å². The van der Waals surface area contributed by atoms with Gasteiger partial charge in [-0.15, -0.1) is 0 Å². The third-order valence-electron chi connectivity index (χ3n) is 2.98. The van der Waals surface area contributed by atoms with Gasteiger partial charge in [-0.2, -0.15) is 0 Å². The van der Waals surface area contributed by atoms with Crippen molar-refractivity contribution in [3.63, 3.8) is 0 Å². The molecule has 0 amide bonds. The standard InChI is InChI=1S/C14H12BrCl3N2/c15-10-3-1-2-9(14(10)18)13(20-19)7-8-4-5-11(16)12(17)6-8/h1-6,13,20H,7,19H2. The van der Waals surface area contributed by atoms with E-state index in [9.17, 15) is 0 Å². The Labute approximate surface area is 141 Å². The molecule has 2 nitrogen and oxygen atoms in total. The third kappa shape index (κ3) is 3.67. The number of nitrogens with one attached hydrogen (secondary N) is 1. The van der Waals surface area contributed by atoms with E-state index in [1.165, 1.54) is 0 Å². The average molecular weight is 395 g/mol. The Kier molecular flexibility index (Phi) is 5.73. The summed E-state index contributed by atoms with van der Waals surface area (Å²) < 4.78 is 0.839. The summed E-state index contributed by atoms with van der Waals surface area (Å²) in [6.45, 7) is 0. The first-order valence-electron chi connectivity index (χ1n) is 5.87. The summed E-state index contributed by atoms with van der Waals surface area (Å²) >= 11 is 21.7. The molecule has 0 fully saturated rings. The second-order valence-electron chi connectivity index (χ2n) is 4.31. The SMILES string of the molecule is NNC(Cc1ccc(Cl)c(Cl)c1)c1cccc(Br)c1Cl. The van der Waals surface area contributed by atoms with Crippen molar-refractivity contribution in [2.24, 2.45) is 5.84 Å². The molecule has 3 N–H and O–H groups in total. The molecule has 0 aliphatic heterocycles. The van der Waals surface area contributed by atoms with Crippen LogP contribution in [-0.2, 0) is 6.42 Å². The van der Waals surface area contributed by atoms with Crippen LogP contribution in [-0.4, -0.2) is 0 Å². The molecular formula is C14H12BrCl3N2. The smallest absolute Gasteiger partial charge is 0.0596 e. The van der Waals surface area contributed by atoms with Crippen LogP contribution in [0.2, 0.25) is 15.1 Å². The zero-order valence-corrected chi connectivity index (χ0v) is 14.2. The highest BCUT2D eigenvalue weighted by Gasteiger charge is 2.16. The lowest BCUT2D eigenvalue weighted by molar-refractivity contribution is 0.552. The summed E-state index contributed by atoms with van der Waals surface area (Å²) in [4.78, 5) is 0. The molecule has 6 heteroatoms. The van der Waals surface area contributed by atoms with E-state index < -0.39 is 0 Å². The van der Waals surface area contributed by atoms with Crippen molar-refractivity contribution >= 4 is 50.7 Å². The normalized spacial score (nSPS) is 12.4. The maximum Gasteiger partial charge on any atom is 0.0596 e. The summed E-state index contributed by atoms with van der Waals surface area (Å²) in [6.07, 6.45) is 0.656. The maximum atomic E-state index is 6.30. The first-order chi connectivity index (χ1) is 9.52. The van der Waals surface area contributed by atoms with Crippen LogP contribution in [0, 0.1) is 0 Å². The van der Waals surface area contributed by atoms with E-state index >= 15 is 0 Å². The minimum Gasteiger partial charge on any atom is -0.271 e. The van der Waals surface area contributed by atoms with Crippen LogP contribution >= 0.6 is 50.7 Å². The van der Waals surface area contributed by atoms with Gasteiger partial charge >= 0.3 is 0 Å². The number of hydrogen-bond donors (Lipinski definition) is 2. The maximum absolute atomic E-state index is 6.30. The first kappa shape index (κ1) is 16.1. The van der Waals surface area contributed by atoms with Gasteiger partial charge in [0.25, 0.3) is 0 Å². The van der Waals surface area contributed by atoms with E-state index in [0.29, 0.717) is 21.5 Å². The second-order valence-corrected chi connectivity index (χ2v) is 6.36. The van der Waals surface area contributed by atoms with Crippen molar-refractivity contribution in [3.8, 4) is 0 Å². The van der Waals surface area contributed by atoms with E-state index in [1.807, 2.05) is 30.3 Å². The predicted molar refractivity (Wildman–Crippen MR) is 89.4 cm³/mol. The van der Waals surface area contributed by atoms with Gasteiger partial charge in [-0.3, -0.25) is 11.3 Å². The molecule has 0 aromatic heterocycles. The zero-order valence-electron chi connectivity index (χ0n) is 10.3. The molecule has 106 valence electrons. The lowest BCUT2D eigenvalue weighted by Crippen LogP contribution is -2.29. The third-order valence-corrected chi connectivity index (χ3v) is 5.03. The Morgan fingerprint density at radius 1 is 1.10 bits per heavy atom. The molecular weight excluding hydrogens is 382 g/mol. The Morgan fingerprint density at radius 3 is 2.50 bits per heavy atom. The zero-order chi connectivity index (χ0) is 14.7. The monoisotopic (exact) mass is 392 g/mol. The fourth-order valence-electron chi connectivity index (χ4n) is 1.95. The lowest BCUT2D eigenvalue weighted by atomic mass is 9.99. The van der Waals surface area contributed by atoms with Gasteiger partial charge in [-0.05, 0) is 51.7 Å². The Bertz CT molecular complexity index is 619. The Balaban J connectivity index is 2.28. The van der Waals surface area contributed by atoms with Gasteiger partial charge in [0.2, 0.25) is 0 Å². The highest BCUT2D eigenvalue weighted by molar-refractivity contribution is 9.10. The quantitative estimate of drug-likeness (QED) is 0.555. The fraction of sp³-hybridized carbons (Fsp3) is 0.143. The molecule has 0 spiro atoms. The molecule has 20 heavy (non-hydrogen) atoms. The molecule has 0 aliphatic carbocycles. The van der Waals surface area contributed by atoms with Gasteiger partial charge in [-0.25, -0.2) is 0 Å². The summed E-state index contributed by atoms with van der Waals surface area (Å²) in [5.41, 5.74) is 4.74. The average Bonchev–Trinajstić information content (AvgIpc) is 2.43. The fourth-order valence-corrected chi connectivity index (χ4v) is 2.91. The van der Waals surface area contributed by atoms with Crippen molar-refractivity contribution in [2.75, 3.05) is 0 Å². The number of hydrazine groups is 1. The summed E-state index contributed by atoms with van der Waals surface area (Å²) in [6, 6.07) is 11.2. The van der Waals surface area contributed by atoms with Gasteiger partial charge < -0.3 is 0 Å². The van der Waals surface area contributed by atoms with Gasteiger partial charge in [-0.1, -0.05) is 53.0 Å². The van der Waals surface area contributed by atoms with E-state index in [4.69, 9.17) is 40.6 Å². The van der Waals surface area contributed by atoms with Gasteiger partial charge in [0.15, 0.2) is 0 Å². The van der Waals surface area contributed by atoms with Crippen molar-refractivity contribution < 1.29 is 0 Å². The van der Waals surface area contributed by atoms with E-state index in [2.05, 4.69) is 21.4 Å². The molecule has 1 unspecified atom stereocenters. The number of rotatable bonds is 4. The van der Waals surface area contributed by atoms with Crippen LogP contribution in [0.1, 0.15) is 17.2 Å². The number of nitrogens with two attached hydrogens (primary N) is 1. The molecule has 0 aliphatic rings. The lowest BCUT2D eigenvalue weighted by Gasteiger charge is -2.18. The van der Waals surface area contributed by atoms with Crippen LogP contribution in [0.4, 0.5) is 0 Å². The molecule has 2 aromatic rings. The minimum absolute atomic E-state index is 0.114. The summed E-state index contributed by atoms with van der Waals surface area (Å²) in [5, 5.41) is 1.71. The highest BCUT2D eigenvalue weighted by atomic mass is 79.9. The number of hydrogen-bond acceptors (Lipinski definition) is 2. The number of halogens is 4. The number of benzene rings is 2. The van der Waals surface area contributed by atoms with Crippen LogP contribution in [0.5, 0.6) is 0 Å². The summed E-state index contributed by atoms with van der Waals surface area (Å²) in [5.74, 6) is 5.66. The van der Waals surface area contributed by atoms with E-state index in [-0.39, 0.29) is 6.04 Å². The van der Waals surface area contributed by atoms with Crippen LogP contribution in [0.25, 0.3) is 0 Å². The molecule has 0 heterocycles. The topological polar surface area (TPSA) is 38.0 Å².